The number of hydrogen-bond donors (Lipinski definition) is 1. The first-order valence-electron chi connectivity index (χ1n) is 11.5. The van der Waals surface area contributed by atoms with Crippen LogP contribution >= 0.6 is 11.3 Å². The van der Waals surface area contributed by atoms with Crippen molar-refractivity contribution in [2.45, 2.75) is 6.54 Å². The standard InChI is InChI=1S/C28H23N7S/c1-34-12-11-25-24(27(34)33-30-17-22-18-35-13-14-36-28(35)31-22)15-23(20-5-3-2-4-6-20)26(32-25)21-9-7-19(16-29)8-10-21/h2-15,17-18H,16,29H2,1H3/b30-17+,33-27-. The highest BCUT2D eigenvalue weighted by Crippen LogP contribution is 2.32. The van der Waals surface area contributed by atoms with Crippen LogP contribution in [0.1, 0.15) is 11.3 Å². The van der Waals surface area contributed by atoms with Crippen LogP contribution < -0.4 is 11.2 Å². The van der Waals surface area contributed by atoms with Gasteiger partial charge in [0.2, 0.25) is 0 Å². The molecule has 6 aromatic rings. The SMILES string of the molecule is Cn1ccc2nc(-c3ccc(CN)cc3)c(-c3ccccc3)cc2/c1=N/N=C/c1cn2ccsc2n1. The second-order valence-electron chi connectivity index (χ2n) is 8.44. The highest BCUT2D eigenvalue weighted by Gasteiger charge is 2.13. The Kier molecular flexibility index (Phi) is 5.73. The van der Waals surface area contributed by atoms with E-state index in [0.717, 1.165) is 55.0 Å². The van der Waals surface area contributed by atoms with Gasteiger partial charge in [-0.3, -0.25) is 4.40 Å². The highest BCUT2D eigenvalue weighted by atomic mass is 32.1. The molecule has 0 unspecified atom stereocenters. The Morgan fingerprint density at radius 2 is 1.81 bits per heavy atom. The van der Waals surface area contributed by atoms with E-state index >= 15 is 0 Å². The molecule has 0 aliphatic rings. The Hall–Kier alpha value is -4.40. The Labute approximate surface area is 211 Å². The number of rotatable bonds is 5. The summed E-state index contributed by atoms with van der Waals surface area (Å²) in [6.07, 6.45) is 7.55. The Balaban J connectivity index is 1.52. The molecule has 0 aliphatic heterocycles. The first-order chi connectivity index (χ1) is 17.7. The molecule has 4 aromatic heterocycles. The molecule has 176 valence electrons. The van der Waals surface area contributed by atoms with Gasteiger partial charge in [0, 0.05) is 54.1 Å². The lowest BCUT2D eigenvalue weighted by molar-refractivity contribution is 0.829. The fourth-order valence-electron chi connectivity index (χ4n) is 4.21. The van der Waals surface area contributed by atoms with E-state index in [4.69, 9.17) is 10.7 Å². The van der Waals surface area contributed by atoms with Gasteiger partial charge in [-0.2, -0.15) is 5.10 Å². The fourth-order valence-corrected chi connectivity index (χ4v) is 4.92. The van der Waals surface area contributed by atoms with Crippen LogP contribution in [0.5, 0.6) is 0 Å². The third-order valence-corrected chi connectivity index (χ3v) is 6.86. The first kappa shape index (κ1) is 22.1. The van der Waals surface area contributed by atoms with Crippen LogP contribution in [-0.2, 0) is 13.6 Å². The molecule has 7 nitrogen and oxygen atoms in total. The summed E-state index contributed by atoms with van der Waals surface area (Å²) in [5, 5.41) is 11.9. The number of nitrogens with zero attached hydrogens (tertiary/aromatic N) is 6. The highest BCUT2D eigenvalue weighted by molar-refractivity contribution is 7.15. The molecule has 0 spiro atoms. The van der Waals surface area contributed by atoms with Gasteiger partial charge in [-0.05, 0) is 23.3 Å². The number of benzene rings is 2. The third kappa shape index (κ3) is 4.13. The number of nitrogens with two attached hydrogens (primary N) is 1. The van der Waals surface area contributed by atoms with E-state index in [0.29, 0.717) is 6.54 Å². The summed E-state index contributed by atoms with van der Waals surface area (Å²) in [6.45, 7) is 0.510. The number of aromatic nitrogens is 4. The van der Waals surface area contributed by atoms with Crippen molar-refractivity contribution in [1.29, 1.82) is 0 Å². The Morgan fingerprint density at radius 1 is 0.972 bits per heavy atom. The zero-order valence-electron chi connectivity index (χ0n) is 19.6. The van der Waals surface area contributed by atoms with E-state index < -0.39 is 0 Å². The zero-order chi connectivity index (χ0) is 24.5. The van der Waals surface area contributed by atoms with Gasteiger partial charge in [0.15, 0.2) is 10.4 Å². The van der Waals surface area contributed by atoms with Crippen LogP contribution in [0, 0.1) is 0 Å². The van der Waals surface area contributed by atoms with Gasteiger partial charge >= 0.3 is 0 Å². The molecule has 0 atom stereocenters. The van der Waals surface area contributed by atoms with Crippen molar-refractivity contribution in [1.82, 2.24) is 18.9 Å². The monoisotopic (exact) mass is 489 g/mol. The van der Waals surface area contributed by atoms with Gasteiger partial charge in [0.05, 0.1) is 17.4 Å². The maximum atomic E-state index is 5.81. The van der Waals surface area contributed by atoms with E-state index in [9.17, 15) is 0 Å². The van der Waals surface area contributed by atoms with Crippen molar-refractivity contribution in [3.05, 3.63) is 107 Å². The topological polar surface area (TPSA) is 85.9 Å². The fraction of sp³-hybridized carbons (Fsp3) is 0.0714. The van der Waals surface area contributed by atoms with Crippen LogP contribution in [-0.4, -0.2) is 25.2 Å². The normalized spacial score (nSPS) is 12.3. The van der Waals surface area contributed by atoms with Gasteiger partial charge in [-0.25, -0.2) is 9.97 Å². The molecule has 0 amide bonds. The Morgan fingerprint density at radius 3 is 2.58 bits per heavy atom. The third-order valence-electron chi connectivity index (χ3n) is 6.09. The smallest absolute Gasteiger partial charge is 0.194 e. The molecule has 2 N–H and O–H groups in total. The summed E-state index contributed by atoms with van der Waals surface area (Å²) in [7, 11) is 1.96. The van der Waals surface area contributed by atoms with Crippen molar-refractivity contribution >= 4 is 33.4 Å². The van der Waals surface area contributed by atoms with Crippen LogP contribution in [0.15, 0.2) is 101 Å². The van der Waals surface area contributed by atoms with Crippen molar-refractivity contribution in [3.63, 3.8) is 0 Å². The summed E-state index contributed by atoms with van der Waals surface area (Å²) in [4.78, 5) is 10.6. The van der Waals surface area contributed by atoms with E-state index in [1.165, 1.54) is 0 Å². The largest absolute Gasteiger partial charge is 0.334 e. The van der Waals surface area contributed by atoms with Crippen molar-refractivity contribution < 1.29 is 0 Å². The zero-order valence-corrected chi connectivity index (χ0v) is 20.4. The Bertz CT molecular complexity index is 1750. The van der Waals surface area contributed by atoms with Crippen LogP contribution in [0.3, 0.4) is 0 Å². The number of hydrogen-bond acceptors (Lipinski definition) is 6. The molecular formula is C28H23N7S. The van der Waals surface area contributed by atoms with Crippen molar-refractivity contribution in [2.75, 3.05) is 0 Å². The quantitative estimate of drug-likeness (QED) is 0.273. The predicted molar refractivity (Wildman–Crippen MR) is 146 cm³/mol. The molecule has 0 saturated heterocycles. The van der Waals surface area contributed by atoms with Gasteiger partial charge in [0.1, 0.15) is 5.69 Å². The van der Waals surface area contributed by atoms with Crippen molar-refractivity contribution in [2.24, 2.45) is 23.0 Å². The van der Waals surface area contributed by atoms with E-state index in [1.807, 2.05) is 64.3 Å². The van der Waals surface area contributed by atoms with Crippen molar-refractivity contribution in [3.8, 4) is 22.4 Å². The van der Waals surface area contributed by atoms with Gasteiger partial charge in [0.25, 0.3) is 0 Å². The number of pyridine rings is 2. The summed E-state index contributed by atoms with van der Waals surface area (Å²) < 4.78 is 3.93. The lowest BCUT2D eigenvalue weighted by Crippen LogP contribution is -2.18. The van der Waals surface area contributed by atoms with Gasteiger partial charge < -0.3 is 10.3 Å². The molecule has 0 aliphatic carbocycles. The average molecular weight is 490 g/mol. The van der Waals surface area contributed by atoms with Crippen LogP contribution in [0.25, 0.3) is 38.2 Å². The minimum absolute atomic E-state index is 0.510. The van der Waals surface area contributed by atoms with Gasteiger partial charge in [-0.15, -0.1) is 16.4 Å². The van der Waals surface area contributed by atoms with E-state index in [2.05, 4.69) is 57.7 Å². The molecule has 0 saturated carbocycles. The summed E-state index contributed by atoms with van der Waals surface area (Å²) >= 11 is 1.58. The maximum absolute atomic E-state index is 5.81. The molecule has 8 heteroatoms. The molecule has 2 aromatic carbocycles. The predicted octanol–water partition coefficient (Wildman–Crippen LogP) is 5.01. The maximum Gasteiger partial charge on any atom is 0.194 e. The number of imidazole rings is 1. The van der Waals surface area contributed by atoms with Crippen LogP contribution in [0.2, 0.25) is 0 Å². The lowest BCUT2D eigenvalue weighted by Gasteiger charge is -2.13. The van der Waals surface area contributed by atoms with E-state index in [-0.39, 0.29) is 0 Å². The van der Waals surface area contributed by atoms with Gasteiger partial charge in [-0.1, -0.05) is 54.6 Å². The lowest BCUT2D eigenvalue weighted by atomic mass is 9.97. The van der Waals surface area contributed by atoms with Crippen LogP contribution in [0.4, 0.5) is 0 Å². The minimum atomic E-state index is 0.510. The first-order valence-corrected chi connectivity index (χ1v) is 12.4. The molecule has 4 heterocycles. The second kappa shape index (κ2) is 9.33. The number of thiazole rings is 1. The molecule has 0 fully saturated rings. The van der Waals surface area contributed by atoms with E-state index in [1.54, 1.807) is 17.6 Å². The minimum Gasteiger partial charge on any atom is -0.334 e. The number of aryl methyl sites for hydroxylation is 1. The molecule has 0 bridgehead atoms. The average Bonchev–Trinajstić information content (AvgIpc) is 3.52. The summed E-state index contributed by atoms with van der Waals surface area (Å²) in [5.74, 6) is 0. The second-order valence-corrected chi connectivity index (χ2v) is 9.31. The number of fused-ring (bicyclic) bond motifs is 2. The molecule has 36 heavy (non-hydrogen) atoms. The molecule has 6 rings (SSSR count). The summed E-state index contributed by atoms with van der Waals surface area (Å²) in [5.41, 5.74) is 13.3. The molecule has 0 radical (unpaired) electrons. The molecular weight excluding hydrogens is 466 g/mol. The summed E-state index contributed by atoms with van der Waals surface area (Å²) in [6, 6.07) is 22.7.